The third-order valence-electron chi connectivity index (χ3n) is 6.24. The largest absolute Gasteiger partial charge is 0.485 e. The highest BCUT2D eigenvalue weighted by Gasteiger charge is 2.49. The number of urea groups is 1. The molecule has 0 unspecified atom stereocenters. The highest BCUT2D eigenvalue weighted by atomic mass is 16.6. The van der Waals surface area contributed by atoms with Crippen LogP contribution in [0.1, 0.15) is 32.1 Å². The average molecular weight is 440 g/mol. The topological polar surface area (TPSA) is 90.9 Å². The number of amides is 2. The van der Waals surface area contributed by atoms with E-state index < -0.39 is 0 Å². The molecule has 4 atom stereocenters. The summed E-state index contributed by atoms with van der Waals surface area (Å²) in [4.78, 5) is 16.6. The molecule has 0 bridgehead atoms. The molecule has 32 heavy (non-hydrogen) atoms. The maximum Gasteiger partial charge on any atom is 0.315 e. The van der Waals surface area contributed by atoms with Gasteiger partial charge in [0.1, 0.15) is 23.7 Å². The fraction of sp³-hybridized carbons (Fsp3) is 0.500. The lowest BCUT2D eigenvalue weighted by atomic mass is 9.96. The quantitative estimate of drug-likeness (QED) is 0.717. The molecule has 3 fully saturated rings. The van der Waals surface area contributed by atoms with Crippen LogP contribution in [0.15, 0.2) is 48.7 Å². The SMILES string of the molecule is O=C(NC1CCCCC1)N[C@H]1CO[C@H]2[C@@H]1OC[C@@H]2Oc1ccc(Oc2ccccn2)cc1. The predicted molar refractivity (Wildman–Crippen MR) is 117 cm³/mol. The summed E-state index contributed by atoms with van der Waals surface area (Å²) in [6, 6.07) is 12.9. The van der Waals surface area contributed by atoms with Crippen molar-refractivity contribution < 1.29 is 23.7 Å². The van der Waals surface area contributed by atoms with Crippen LogP contribution in [0.4, 0.5) is 4.79 Å². The Morgan fingerprint density at radius 3 is 2.47 bits per heavy atom. The molecular formula is C24H29N3O5. The van der Waals surface area contributed by atoms with Gasteiger partial charge in [-0.05, 0) is 43.2 Å². The van der Waals surface area contributed by atoms with Gasteiger partial charge < -0.3 is 29.6 Å². The van der Waals surface area contributed by atoms with Gasteiger partial charge in [0, 0.05) is 18.3 Å². The van der Waals surface area contributed by atoms with Crippen LogP contribution >= 0.6 is 0 Å². The summed E-state index contributed by atoms with van der Waals surface area (Å²) < 4.78 is 23.7. The van der Waals surface area contributed by atoms with E-state index >= 15 is 0 Å². The highest BCUT2D eigenvalue weighted by molar-refractivity contribution is 5.74. The summed E-state index contributed by atoms with van der Waals surface area (Å²) in [6.07, 6.45) is 6.78. The fourth-order valence-corrected chi connectivity index (χ4v) is 4.62. The molecule has 8 nitrogen and oxygen atoms in total. The van der Waals surface area contributed by atoms with Gasteiger partial charge in [-0.25, -0.2) is 9.78 Å². The molecule has 2 aliphatic heterocycles. The van der Waals surface area contributed by atoms with E-state index in [0.717, 1.165) is 12.8 Å². The lowest BCUT2D eigenvalue weighted by Gasteiger charge is -2.24. The zero-order valence-corrected chi connectivity index (χ0v) is 17.9. The molecule has 5 rings (SSSR count). The third-order valence-corrected chi connectivity index (χ3v) is 6.24. The average Bonchev–Trinajstić information content (AvgIpc) is 3.40. The number of hydrogen-bond donors (Lipinski definition) is 2. The van der Waals surface area contributed by atoms with Crippen LogP contribution in [0.2, 0.25) is 0 Å². The monoisotopic (exact) mass is 439 g/mol. The van der Waals surface area contributed by atoms with Crippen molar-refractivity contribution >= 4 is 6.03 Å². The Morgan fingerprint density at radius 1 is 0.906 bits per heavy atom. The second-order valence-electron chi connectivity index (χ2n) is 8.55. The third kappa shape index (κ3) is 4.97. The number of fused-ring (bicyclic) bond motifs is 1. The van der Waals surface area contributed by atoms with Crippen molar-refractivity contribution in [3.63, 3.8) is 0 Å². The van der Waals surface area contributed by atoms with E-state index in [2.05, 4.69) is 15.6 Å². The van der Waals surface area contributed by atoms with Crippen molar-refractivity contribution in [2.24, 2.45) is 0 Å². The summed E-state index contributed by atoms with van der Waals surface area (Å²) in [5.74, 6) is 1.93. The van der Waals surface area contributed by atoms with Crippen molar-refractivity contribution in [3.8, 4) is 17.4 Å². The molecule has 0 spiro atoms. The molecule has 2 N–H and O–H groups in total. The zero-order chi connectivity index (χ0) is 21.8. The first-order valence-electron chi connectivity index (χ1n) is 11.4. The molecule has 3 heterocycles. The highest BCUT2D eigenvalue weighted by Crippen LogP contribution is 2.31. The lowest BCUT2D eigenvalue weighted by Crippen LogP contribution is -2.51. The van der Waals surface area contributed by atoms with Crippen molar-refractivity contribution in [3.05, 3.63) is 48.7 Å². The Labute approximate surface area is 187 Å². The normalized spacial score (nSPS) is 27.5. The van der Waals surface area contributed by atoms with Crippen LogP contribution in [0.5, 0.6) is 17.4 Å². The van der Waals surface area contributed by atoms with E-state index in [1.54, 1.807) is 12.3 Å². The van der Waals surface area contributed by atoms with Crippen molar-refractivity contribution in [2.45, 2.75) is 62.5 Å². The smallest absolute Gasteiger partial charge is 0.315 e. The number of pyridine rings is 1. The summed E-state index contributed by atoms with van der Waals surface area (Å²) in [5.41, 5.74) is 0. The molecule has 1 aliphatic carbocycles. The Morgan fingerprint density at radius 2 is 1.69 bits per heavy atom. The van der Waals surface area contributed by atoms with Crippen LogP contribution in [0.3, 0.4) is 0 Å². The van der Waals surface area contributed by atoms with Gasteiger partial charge in [0.05, 0.1) is 19.3 Å². The summed E-state index contributed by atoms with van der Waals surface area (Å²) in [6.45, 7) is 0.841. The van der Waals surface area contributed by atoms with Crippen LogP contribution in [0.25, 0.3) is 0 Å². The van der Waals surface area contributed by atoms with Gasteiger partial charge in [0.2, 0.25) is 5.88 Å². The molecule has 3 aliphatic rings. The first kappa shape index (κ1) is 21.0. The second kappa shape index (κ2) is 9.75. The summed E-state index contributed by atoms with van der Waals surface area (Å²) in [7, 11) is 0. The number of carbonyl (C=O) groups excluding carboxylic acids is 1. The van der Waals surface area contributed by atoms with E-state index in [1.807, 2.05) is 36.4 Å². The van der Waals surface area contributed by atoms with Crippen LogP contribution in [-0.2, 0) is 9.47 Å². The molecule has 1 saturated carbocycles. The zero-order valence-electron chi connectivity index (χ0n) is 17.9. The van der Waals surface area contributed by atoms with Gasteiger partial charge in [0.15, 0.2) is 6.10 Å². The molecule has 2 amide bonds. The minimum Gasteiger partial charge on any atom is -0.485 e. The van der Waals surface area contributed by atoms with Gasteiger partial charge >= 0.3 is 6.03 Å². The number of carbonyl (C=O) groups is 1. The molecule has 2 saturated heterocycles. The van der Waals surface area contributed by atoms with E-state index in [-0.39, 0.29) is 36.4 Å². The van der Waals surface area contributed by atoms with Gasteiger partial charge in [0.25, 0.3) is 0 Å². The Kier molecular flexibility index (Phi) is 6.41. The Balaban J connectivity index is 1.11. The second-order valence-corrected chi connectivity index (χ2v) is 8.55. The molecule has 1 aromatic carbocycles. The number of rotatable bonds is 6. The number of nitrogens with zero attached hydrogens (tertiary/aromatic N) is 1. The van der Waals surface area contributed by atoms with E-state index in [1.165, 1.54) is 19.3 Å². The fourth-order valence-electron chi connectivity index (χ4n) is 4.62. The van der Waals surface area contributed by atoms with E-state index in [9.17, 15) is 4.79 Å². The minimum atomic E-state index is -0.226. The molecular weight excluding hydrogens is 410 g/mol. The van der Waals surface area contributed by atoms with Crippen molar-refractivity contribution in [1.29, 1.82) is 0 Å². The van der Waals surface area contributed by atoms with Gasteiger partial charge in [-0.2, -0.15) is 0 Å². The standard InChI is InChI=1S/C24H29N3O5/c28-24(26-16-6-2-1-3-7-16)27-19-14-29-23-20(15-30-22(19)23)31-17-9-11-18(12-10-17)32-21-8-4-5-13-25-21/h4-5,8-13,16,19-20,22-23H,1-3,6-7,14-15H2,(H2,26,27,28)/t19-,20-,22+,23+/m0/s1. The lowest BCUT2D eigenvalue weighted by molar-refractivity contribution is 0.0303. The van der Waals surface area contributed by atoms with E-state index in [0.29, 0.717) is 30.6 Å². The Hall–Kier alpha value is -2.84. The summed E-state index contributed by atoms with van der Waals surface area (Å²) >= 11 is 0. The van der Waals surface area contributed by atoms with Crippen LogP contribution in [0, 0.1) is 0 Å². The first-order chi connectivity index (χ1) is 15.7. The number of nitrogens with one attached hydrogen (secondary N) is 2. The molecule has 1 aromatic heterocycles. The molecule has 2 aromatic rings. The molecule has 0 radical (unpaired) electrons. The van der Waals surface area contributed by atoms with Crippen molar-refractivity contribution in [2.75, 3.05) is 13.2 Å². The number of hydrogen-bond acceptors (Lipinski definition) is 6. The predicted octanol–water partition coefficient (Wildman–Crippen LogP) is 3.42. The van der Waals surface area contributed by atoms with Crippen LogP contribution in [-0.4, -0.2) is 54.6 Å². The van der Waals surface area contributed by atoms with Crippen molar-refractivity contribution in [1.82, 2.24) is 15.6 Å². The molecule has 170 valence electrons. The summed E-state index contributed by atoms with van der Waals surface area (Å²) in [5, 5.41) is 6.13. The minimum absolute atomic E-state index is 0.136. The maximum atomic E-state index is 12.4. The van der Waals surface area contributed by atoms with Gasteiger partial charge in [-0.1, -0.05) is 25.3 Å². The number of ether oxygens (including phenoxy) is 4. The first-order valence-corrected chi connectivity index (χ1v) is 11.4. The maximum absolute atomic E-state index is 12.4. The van der Waals surface area contributed by atoms with Crippen LogP contribution < -0.4 is 20.1 Å². The van der Waals surface area contributed by atoms with Gasteiger partial charge in [-0.3, -0.25) is 0 Å². The van der Waals surface area contributed by atoms with E-state index in [4.69, 9.17) is 18.9 Å². The molecule has 8 heteroatoms. The number of aromatic nitrogens is 1. The Bertz CT molecular complexity index is 888. The number of benzene rings is 1. The van der Waals surface area contributed by atoms with Gasteiger partial charge in [-0.15, -0.1) is 0 Å².